The molecule has 0 spiro atoms. The number of unbranched alkanes of at least 4 members (excludes halogenated alkanes) is 13. The first kappa shape index (κ1) is 37.2. The Kier molecular flexibility index (Phi) is 19.9. The third kappa shape index (κ3) is 16.2. The molecule has 0 aromatic carbocycles. The zero-order valence-electron chi connectivity index (χ0n) is 26.9. The molecule has 2 aliphatic heterocycles. The van der Waals surface area contributed by atoms with Crippen LogP contribution in [0, 0.1) is 0 Å². The van der Waals surface area contributed by atoms with Crippen molar-refractivity contribution in [2.75, 3.05) is 0 Å². The molecular weight excluding hydrogens is 532 g/mol. The number of carbonyl (C=O) groups excluding carboxylic acids is 1. The summed E-state index contributed by atoms with van der Waals surface area (Å²) in [5.74, 6) is -0.323. The summed E-state index contributed by atoms with van der Waals surface area (Å²) in [7, 11) is 0. The summed E-state index contributed by atoms with van der Waals surface area (Å²) < 4.78 is 11.1. The van der Waals surface area contributed by atoms with Gasteiger partial charge in [-0.05, 0) is 57.9 Å². The molecule has 246 valence electrons. The fourth-order valence-electron chi connectivity index (χ4n) is 6.40. The molecule has 7 nitrogen and oxygen atoms in total. The van der Waals surface area contributed by atoms with Crippen molar-refractivity contribution in [3.05, 3.63) is 11.6 Å². The number of carbonyl (C=O) groups is 1. The Morgan fingerprint density at radius 2 is 1.14 bits per heavy atom. The first-order chi connectivity index (χ1) is 20.3. The zero-order valence-corrected chi connectivity index (χ0v) is 26.9. The summed E-state index contributed by atoms with van der Waals surface area (Å²) in [6.07, 6.45) is 22.3. The zero-order chi connectivity index (χ0) is 30.6. The van der Waals surface area contributed by atoms with E-state index in [0.717, 1.165) is 44.9 Å². The van der Waals surface area contributed by atoms with Crippen molar-refractivity contribution in [2.24, 2.45) is 0 Å². The van der Waals surface area contributed by atoms with Gasteiger partial charge in [0.2, 0.25) is 0 Å². The monoisotopic (exact) mass is 596 g/mol. The highest BCUT2D eigenvalue weighted by Gasteiger charge is 2.34. The highest BCUT2D eigenvalue weighted by atomic mass is 16.5. The van der Waals surface area contributed by atoms with Crippen LogP contribution in [0.15, 0.2) is 11.6 Å². The minimum Gasteiger partial charge on any atom is -0.455 e. The SMILES string of the molecule is CCCCCCCCCCCCCC[C@@H](O)[C@H]1CC[C@H]([C@H](O)CC[C@H](O)CCCCC[C@H](O)CC2=C[C@@H](C)OC2=O)O1. The van der Waals surface area contributed by atoms with Gasteiger partial charge in [-0.25, -0.2) is 4.79 Å². The number of hydrogen-bond acceptors (Lipinski definition) is 7. The molecule has 7 atom stereocenters. The van der Waals surface area contributed by atoms with Crippen LogP contribution in [-0.4, -0.2) is 69.1 Å². The van der Waals surface area contributed by atoms with E-state index in [1.54, 1.807) is 6.08 Å². The van der Waals surface area contributed by atoms with Crippen molar-refractivity contribution >= 4 is 5.97 Å². The Balaban J connectivity index is 1.43. The van der Waals surface area contributed by atoms with E-state index in [1.165, 1.54) is 70.6 Å². The van der Waals surface area contributed by atoms with Gasteiger partial charge in [-0.15, -0.1) is 0 Å². The van der Waals surface area contributed by atoms with E-state index in [-0.39, 0.29) is 24.3 Å². The van der Waals surface area contributed by atoms with E-state index in [4.69, 9.17) is 9.47 Å². The van der Waals surface area contributed by atoms with Crippen LogP contribution >= 0.6 is 0 Å². The van der Waals surface area contributed by atoms with Crippen molar-refractivity contribution in [3.63, 3.8) is 0 Å². The lowest BCUT2D eigenvalue weighted by molar-refractivity contribution is -0.139. The van der Waals surface area contributed by atoms with E-state index >= 15 is 0 Å². The van der Waals surface area contributed by atoms with Gasteiger partial charge in [0, 0.05) is 12.0 Å². The number of esters is 1. The molecule has 2 aliphatic rings. The molecule has 0 aromatic rings. The van der Waals surface area contributed by atoms with Crippen LogP contribution in [0.1, 0.15) is 162 Å². The quantitative estimate of drug-likeness (QED) is 0.0624. The van der Waals surface area contributed by atoms with Crippen molar-refractivity contribution < 1.29 is 34.7 Å². The maximum atomic E-state index is 11.7. The second-order valence-electron chi connectivity index (χ2n) is 13.1. The normalized spacial score (nSPS) is 23.5. The van der Waals surface area contributed by atoms with Crippen molar-refractivity contribution in [3.8, 4) is 0 Å². The van der Waals surface area contributed by atoms with E-state index < -0.39 is 24.4 Å². The Labute approximate surface area is 256 Å². The van der Waals surface area contributed by atoms with Crippen LogP contribution in [-0.2, 0) is 14.3 Å². The maximum absolute atomic E-state index is 11.7. The van der Waals surface area contributed by atoms with Gasteiger partial charge < -0.3 is 29.9 Å². The van der Waals surface area contributed by atoms with E-state index in [2.05, 4.69) is 6.92 Å². The molecule has 0 aliphatic carbocycles. The number of hydrogen-bond donors (Lipinski definition) is 4. The lowest BCUT2D eigenvalue weighted by Crippen LogP contribution is -2.31. The second-order valence-corrected chi connectivity index (χ2v) is 13.1. The number of cyclic esters (lactones) is 1. The summed E-state index contributed by atoms with van der Waals surface area (Å²) in [5, 5.41) is 41.8. The van der Waals surface area contributed by atoms with Crippen LogP contribution in [0.2, 0.25) is 0 Å². The molecule has 1 fully saturated rings. The number of aliphatic hydroxyl groups excluding tert-OH is 4. The van der Waals surface area contributed by atoms with Crippen molar-refractivity contribution in [1.29, 1.82) is 0 Å². The summed E-state index contributed by atoms with van der Waals surface area (Å²) in [6.45, 7) is 4.07. The third-order valence-corrected chi connectivity index (χ3v) is 9.11. The van der Waals surface area contributed by atoms with Gasteiger partial charge in [-0.2, -0.15) is 0 Å². The molecule has 7 heteroatoms. The summed E-state index contributed by atoms with van der Waals surface area (Å²) >= 11 is 0. The van der Waals surface area contributed by atoms with Gasteiger partial charge >= 0.3 is 5.97 Å². The molecule has 0 amide bonds. The summed E-state index contributed by atoms with van der Waals surface area (Å²) in [5.41, 5.74) is 0.565. The molecule has 42 heavy (non-hydrogen) atoms. The molecule has 1 saturated heterocycles. The van der Waals surface area contributed by atoms with E-state index in [9.17, 15) is 25.2 Å². The van der Waals surface area contributed by atoms with Gasteiger partial charge in [0.25, 0.3) is 0 Å². The molecule has 2 rings (SSSR count). The minimum atomic E-state index is -0.613. The number of ether oxygens (including phenoxy) is 2. The molecule has 0 saturated carbocycles. The maximum Gasteiger partial charge on any atom is 0.334 e. The Bertz CT molecular complexity index is 726. The number of aliphatic hydroxyl groups is 4. The first-order valence-corrected chi connectivity index (χ1v) is 17.6. The average molecular weight is 597 g/mol. The molecule has 0 radical (unpaired) electrons. The predicted octanol–water partition coefficient (Wildman–Crippen LogP) is 7.06. The van der Waals surface area contributed by atoms with Gasteiger partial charge in [-0.1, -0.05) is 103 Å². The van der Waals surface area contributed by atoms with Crippen LogP contribution in [0.4, 0.5) is 0 Å². The lowest BCUT2D eigenvalue weighted by Gasteiger charge is -2.23. The largest absolute Gasteiger partial charge is 0.455 e. The topological polar surface area (TPSA) is 116 Å². The van der Waals surface area contributed by atoms with E-state index in [0.29, 0.717) is 37.7 Å². The fourth-order valence-corrected chi connectivity index (χ4v) is 6.40. The first-order valence-electron chi connectivity index (χ1n) is 17.6. The fraction of sp³-hybridized carbons (Fsp3) is 0.914. The summed E-state index contributed by atoms with van der Waals surface area (Å²) in [4.78, 5) is 11.7. The smallest absolute Gasteiger partial charge is 0.334 e. The Hall–Kier alpha value is -0.990. The van der Waals surface area contributed by atoms with Crippen LogP contribution in [0.5, 0.6) is 0 Å². The molecule has 0 bridgehead atoms. The van der Waals surface area contributed by atoms with E-state index in [1.807, 2.05) is 6.92 Å². The average Bonchev–Trinajstić information content (AvgIpc) is 3.58. The standard InChI is InChI=1S/C35H64O7/c1-3-4-5-6-7-8-9-10-11-12-13-17-20-31(38)33-23-24-34(42-33)32(39)22-21-29(36)18-15-14-16-19-30(37)26-28-25-27(2)41-35(28)40/h25,27,29-34,36-39H,3-24,26H2,1-2H3/t27-,29-,30+,31-,32-,33-,34-/m1/s1. The summed E-state index contributed by atoms with van der Waals surface area (Å²) in [6, 6.07) is 0. The highest BCUT2D eigenvalue weighted by Crippen LogP contribution is 2.28. The van der Waals surface area contributed by atoms with Crippen LogP contribution in [0.25, 0.3) is 0 Å². The van der Waals surface area contributed by atoms with Gasteiger partial charge in [0.1, 0.15) is 6.10 Å². The lowest BCUT2D eigenvalue weighted by atomic mass is 9.98. The molecule has 2 heterocycles. The molecular formula is C35H64O7. The predicted molar refractivity (Wildman–Crippen MR) is 168 cm³/mol. The molecule has 0 unspecified atom stereocenters. The second kappa shape index (κ2) is 22.5. The van der Waals surface area contributed by atoms with Crippen molar-refractivity contribution in [2.45, 2.75) is 204 Å². The molecule has 0 aromatic heterocycles. The molecule has 4 N–H and O–H groups in total. The highest BCUT2D eigenvalue weighted by molar-refractivity contribution is 5.90. The van der Waals surface area contributed by atoms with Crippen LogP contribution in [0.3, 0.4) is 0 Å². The Morgan fingerprint density at radius 3 is 1.69 bits per heavy atom. The van der Waals surface area contributed by atoms with Crippen LogP contribution < -0.4 is 0 Å². The number of rotatable bonds is 26. The van der Waals surface area contributed by atoms with Gasteiger partial charge in [0.15, 0.2) is 0 Å². The Morgan fingerprint density at radius 1 is 0.667 bits per heavy atom. The van der Waals surface area contributed by atoms with Gasteiger partial charge in [0.05, 0.1) is 36.6 Å². The minimum absolute atomic E-state index is 0.184. The third-order valence-electron chi connectivity index (χ3n) is 9.11. The van der Waals surface area contributed by atoms with Crippen molar-refractivity contribution in [1.82, 2.24) is 0 Å². The van der Waals surface area contributed by atoms with Gasteiger partial charge in [-0.3, -0.25) is 0 Å².